The normalized spacial score (nSPS) is 15.8. The van der Waals surface area contributed by atoms with E-state index in [4.69, 9.17) is 4.98 Å². The topological polar surface area (TPSA) is 37.8 Å². The Morgan fingerprint density at radius 2 is 1.75 bits per heavy atom. The molecule has 0 radical (unpaired) electrons. The molecule has 3 nitrogen and oxygen atoms in total. The number of rotatable bonds is 1. The van der Waals surface area contributed by atoms with Gasteiger partial charge in [-0.15, -0.1) is 0 Å². The average Bonchev–Trinajstić information content (AvgIpc) is 2.26. The summed E-state index contributed by atoms with van der Waals surface area (Å²) in [6.07, 6.45) is 4.75. The largest absolute Gasteiger partial charge is 0.373 e. The van der Waals surface area contributed by atoms with Crippen LogP contribution >= 0.6 is 0 Å². The van der Waals surface area contributed by atoms with Gasteiger partial charge in [-0.25, -0.2) is 9.97 Å². The molecule has 0 atom stereocenters. The van der Waals surface area contributed by atoms with E-state index in [1.165, 1.54) is 24.1 Å². The second-order valence-corrected chi connectivity index (χ2v) is 5.53. The summed E-state index contributed by atoms with van der Waals surface area (Å²) in [7, 11) is 1.95. The van der Waals surface area contributed by atoms with Crippen molar-refractivity contribution in [2.24, 2.45) is 0 Å². The number of fused-ring (bicyclic) bond motifs is 1. The van der Waals surface area contributed by atoms with Gasteiger partial charge in [0.2, 0.25) is 0 Å². The zero-order valence-electron chi connectivity index (χ0n) is 10.7. The summed E-state index contributed by atoms with van der Waals surface area (Å²) >= 11 is 0. The van der Waals surface area contributed by atoms with E-state index in [0.29, 0.717) is 0 Å². The first-order valence-corrected chi connectivity index (χ1v) is 6.10. The Morgan fingerprint density at radius 3 is 2.38 bits per heavy atom. The van der Waals surface area contributed by atoms with Gasteiger partial charge in [0.15, 0.2) is 0 Å². The van der Waals surface area contributed by atoms with Gasteiger partial charge in [-0.2, -0.15) is 0 Å². The highest BCUT2D eigenvalue weighted by atomic mass is 15.0. The zero-order valence-corrected chi connectivity index (χ0v) is 10.7. The number of nitrogens with zero attached hydrogens (tertiary/aromatic N) is 2. The maximum Gasteiger partial charge on any atom is 0.136 e. The lowest BCUT2D eigenvalue weighted by Gasteiger charge is -2.23. The monoisotopic (exact) mass is 219 g/mol. The summed E-state index contributed by atoms with van der Waals surface area (Å²) < 4.78 is 0. The lowest BCUT2D eigenvalue weighted by molar-refractivity contribution is 0.534. The predicted octanol–water partition coefficient (Wildman–Crippen LogP) is 2.69. The van der Waals surface area contributed by atoms with Crippen LogP contribution in [0.1, 0.15) is 50.7 Å². The van der Waals surface area contributed by atoms with Crippen molar-refractivity contribution < 1.29 is 0 Å². The van der Waals surface area contributed by atoms with Crippen LogP contribution in [-0.4, -0.2) is 17.0 Å². The molecule has 0 fully saturated rings. The summed E-state index contributed by atoms with van der Waals surface area (Å²) in [5.74, 6) is 1.99. The number of nitrogens with one attached hydrogen (secondary N) is 1. The molecule has 1 N–H and O–H groups in total. The molecule has 3 heteroatoms. The maximum atomic E-state index is 4.74. The van der Waals surface area contributed by atoms with Gasteiger partial charge in [0.1, 0.15) is 11.6 Å². The molecule has 0 spiro atoms. The van der Waals surface area contributed by atoms with Gasteiger partial charge in [-0.3, -0.25) is 0 Å². The second kappa shape index (κ2) is 4.04. The zero-order chi connectivity index (χ0) is 11.8. The van der Waals surface area contributed by atoms with Crippen molar-refractivity contribution in [2.75, 3.05) is 12.4 Å². The fraction of sp³-hybridized carbons (Fsp3) is 0.692. The van der Waals surface area contributed by atoms with Gasteiger partial charge in [0.25, 0.3) is 0 Å². The minimum atomic E-state index is 0.0259. The quantitative estimate of drug-likeness (QED) is 0.789. The molecule has 0 unspecified atom stereocenters. The Bertz CT molecular complexity index is 374. The van der Waals surface area contributed by atoms with Gasteiger partial charge < -0.3 is 5.32 Å². The summed E-state index contributed by atoms with van der Waals surface area (Å²) in [6.45, 7) is 6.49. The van der Waals surface area contributed by atoms with Crippen molar-refractivity contribution in [3.8, 4) is 0 Å². The first kappa shape index (κ1) is 11.4. The van der Waals surface area contributed by atoms with Gasteiger partial charge in [-0.1, -0.05) is 20.8 Å². The summed E-state index contributed by atoms with van der Waals surface area (Å²) in [4.78, 5) is 9.40. The van der Waals surface area contributed by atoms with Gasteiger partial charge >= 0.3 is 0 Å². The van der Waals surface area contributed by atoms with Crippen LogP contribution in [0.25, 0.3) is 0 Å². The van der Waals surface area contributed by atoms with E-state index in [0.717, 1.165) is 24.5 Å². The third-order valence-electron chi connectivity index (χ3n) is 3.09. The Hall–Kier alpha value is -1.12. The highest BCUT2D eigenvalue weighted by Crippen LogP contribution is 2.28. The van der Waals surface area contributed by atoms with E-state index < -0.39 is 0 Å². The van der Waals surface area contributed by atoms with Gasteiger partial charge in [0, 0.05) is 23.7 Å². The van der Waals surface area contributed by atoms with Crippen LogP contribution in [0.5, 0.6) is 0 Å². The molecular weight excluding hydrogens is 198 g/mol. The van der Waals surface area contributed by atoms with Crippen LogP contribution in [0.4, 0.5) is 5.82 Å². The summed E-state index contributed by atoms with van der Waals surface area (Å²) in [5, 5.41) is 3.22. The molecule has 1 aromatic heterocycles. The highest BCUT2D eigenvalue weighted by molar-refractivity contribution is 5.47. The number of aromatic nitrogens is 2. The van der Waals surface area contributed by atoms with Crippen LogP contribution < -0.4 is 5.32 Å². The average molecular weight is 219 g/mol. The third kappa shape index (κ3) is 2.04. The molecule has 1 aliphatic rings. The minimum absolute atomic E-state index is 0.0259. The maximum absolute atomic E-state index is 4.74. The molecule has 0 aromatic carbocycles. The Morgan fingerprint density at radius 1 is 1.06 bits per heavy atom. The van der Waals surface area contributed by atoms with Gasteiger partial charge in [-0.05, 0) is 25.7 Å². The standard InChI is InChI=1S/C13H21N3/c1-13(2,3)12-15-10-8-6-5-7-9(10)11(14-4)16-12/h5-8H2,1-4H3,(H,14,15,16). The van der Waals surface area contributed by atoms with Gasteiger partial charge in [0.05, 0.1) is 0 Å². The fourth-order valence-electron chi connectivity index (χ4n) is 2.14. The molecule has 1 aromatic rings. The minimum Gasteiger partial charge on any atom is -0.373 e. The molecule has 16 heavy (non-hydrogen) atoms. The van der Waals surface area contributed by atoms with E-state index >= 15 is 0 Å². The van der Waals surface area contributed by atoms with E-state index in [9.17, 15) is 0 Å². The number of aryl methyl sites for hydroxylation is 1. The molecule has 0 amide bonds. The third-order valence-corrected chi connectivity index (χ3v) is 3.09. The number of anilines is 1. The first-order valence-electron chi connectivity index (χ1n) is 6.10. The van der Waals surface area contributed by atoms with Crippen molar-refractivity contribution >= 4 is 5.82 Å². The van der Waals surface area contributed by atoms with Crippen molar-refractivity contribution in [2.45, 2.75) is 51.9 Å². The van der Waals surface area contributed by atoms with E-state index in [-0.39, 0.29) is 5.41 Å². The van der Waals surface area contributed by atoms with E-state index in [2.05, 4.69) is 31.1 Å². The smallest absolute Gasteiger partial charge is 0.136 e. The van der Waals surface area contributed by atoms with Crippen LogP contribution in [0, 0.1) is 0 Å². The summed E-state index contributed by atoms with van der Waals surface area (Å²) in [5.41, 5.74) is 2.62. The molecule has 0 bridgehead atoms. The summed E-state index contributed by atoms with van der Waals surface area (Å²) in [6, 6.07) is 0. The Balaban J connectivity index is 2.52. The molecule has 0 saturated heterocycles. The first-order chi connectivity index (χ1) is 7.52. The fourth-order valence-corrected chi connectivity index (χ4v) is 2.14. The molecule has 88 valence electrons. The molecule has 1 heterocycles. The van der Waals surface area contributed by atoms with E-state index in [1.807, 2.05) is 7.05 Å². The molecule has 0 saturated carbocycles. The van der Waals surface area contributed by atoms with Crippen LogP contribution in [0.15, 0.2) is 0 Å². The number of hydrogen-bond donors (Lipinski definition) is 1. The van der Waals surface area contributed by atoms with Crippen LogP contribution in [0.2, 0.25) is 0 Å². The van der Waals surface area contributed by atoms with Crippen molar-refractivity contribution in [3.63, 3.8) is 0 Å². The highest BCUT2D eigenvalue weighted by Gasteiger charge is 2.23. The number of hydrogen-bond acceptors (Lipinski definition) is 3. The Kier molecular flexibility index (Phi) is 2.87. The molecule has 0 aliphatic heterocycles. The molecular formula is C13H21N3. The molecule has 2 rings (SSSR count). The Labute approximate surface area is 97.7 Å². The van der Waals surface area contributed by atoms with Crippen molar-refractivity contribution in [3.05, 3.63) is 17.1 Å². The molecule has 1 aliphatic carbocycles. The van der Waals surface area contributed by atoms with E-state index in [1.54, 1.807) is 0 Å². The van der Waals surface area contributed by atoms with Crippen molar-refractivity contribution in [1.82, 2.24) is 9.97 Å². The lowest BCUT2D eigenvalue weighted by atomic mass is 9.92. The van der Waals surface area contributed by atoms with Crippen molar-refractivity contribution in [1.29, 1.82) is 0 Å². The second-order valence-electron chi connectivity index (χ2n) is 5.53. The van der Waals surface area contributed by atoms with Crippen LogP contribution in [-0.2, 0) is 18.3 Å². The van der Waals surface area contributed by atoms with Crippen LogP contribution in [0.3, 0.4) is 0 Å². The lowest BCUT2D eigenvalue weighted by Crippen LogP contribution is -2.21. The predicted molar refractivity (Wildman–Crippen MR) is 66.9 cm³/mol. The SMILES string of the molecule is CNc1nc(C(C)(C)C)nc2c1CCCC2.